The van der Waals surface area contributed by atoms with Crippen molar-refractivity contribution in [2.45, 2.75) is 5.75 Å². The molecule has 2 nitrogen and oxygen atoms in total. The summed E-state index contributed by atoms with van der Waals surface area (Å²) in [6.07, 6.45) is 0. The molecule has 1 aromatic carbocycles. The summed E-state index contributed by atoms with van der Waals surface area (Å²) in [6.45, 7) is 0. The number of rotatable bonds is 4. The van der Waals surface area contributed by atoms with Gasteiger partial charge in [-0.3, -0.25) is 0 Å². The zero-order chi connectivity index (χ0) is 9.68. The molecule has 0 fully saturated rings. The average Bonchev–Trinajstić information content (AvgIpc) is 2.03. The molecule has 0 radical (unpaired) electrons. The van der Waals surface area contributed by atoms with E-state index in [2.05, 4.69) is 15.9 Å². The van der Waals surface area contributed by atoms with E-state index in [1.165, 1.54) is 11.8 Å². The number of benzene rings is 1. The second-order valence-corrected chi connectivity index (χ2v) is 4.40. The molecular weight excluding hydrogens is 252 g/mol. The lowest BCUT2D eigenvalue weighted by molar-refractivity contribution is -0.301. The maximum Gasteiger partial charge on any atom is 0.0513 e. The van der Waals surface area contributed by atoms with Crippen molar-refractivity contribution in [3.63, 3.8) is 0 Å². The summed E-state index contributed by atoms with van der Waals surface area (Å²) in [5.74, 6) is -0.264. The molecule has 0 amide bonds. The normalized spacial score (nSPS) is 9.92. The molecule has 0 N–H and O–H groups in total. The van der Waals surface area contributed by atoms with Crippen molar-refractivity contribution in [2.75, 3.05) is 5.75 Å². The van der Waals surface area contributed by atoms with Gasteiger partial charge in [0.25, 0.3) is 0 Å². The van der Waals surface area contributed by atoms with Gasteiger partial charge in [-0.25, -0.2) is 0 Å². The standard InChI is InChI=1S/C9H9BrO2S/c10-8-3-1-2-7(4-8)5-13-6-9(11)12/h1-4H,5-6H2,(H,11,12)/p-1. The Morgan fingerprint density at radius 2 is 2.31 bits per heavy atom. The van der Waals surface area contributed by atoms with Crippen molar-refractivity contribution < 1.29 is 9.90 Å². The molecule has 4 heteroatoms. The van der Waals surface area contributed by atoms with Crippen molar-refractivity contribution in [1.82, 2.24) is 0 Å². The molecule has 0 aliphatic heterocycles. The van der Waals surface area contributed by atoms with Crippen LogP contribution in [0.4, 0.5) is 0 Å². The van der Waals surface area contributed by atoms with Crippen molar-refractivity contribution in [3.05, 3.63) is 34.3 Å². The van der Waals surface area contributed by atoms with Crippen LogP contribution in [0.5, 0.6) is 0 Å². The van der Waals surface area contributed by atoms with E-state index < -0.39 is 5.97 Å². The number of thioether (sulfide) groups is 1. The Labute approximate surface area is 89.5 Å². The van der Waals surface area contributed by atoms with Gasteiger partial charge >= 0.3 is 0 Å². The molecule has 13 heavy (non-hydrogen) atoms. The lowest BCUT2D eigenvalue weighted by atomic mass is 10.2. The van der Waals surface area contributed by atoms with Gasteiger partial charge in [-0.2, -0.15) is 11.8 Å². The van der Waals surface area contributed by atoms with Gasteiger partial charge in [-0.05, 0) is 17.7 Å². The van der Waals surface area contributed by atoms with Gasteiger partial charge in [0, 0.05) is 16.0 Å². The Hall–Kier alpha value is -0.480. The van der Waals surface area contributed by atoms with E-state index in [1.54, 1.807) is 0 Å². The Balaban J connectivity index is 2.41. The summed E-state index contributed by atoms with van der Waals surface area (Å²) in [4.78, 5) is 10.1. The van der Waals surface area contributed by atoms with Crippen molar-refractivity contribution in [2.24, 2.45) is 0 Å². The molecule has 0 aliphatic rings. The highest BCUT2D eigenvalue weighted by atomic mass is 79.9. The van der Waals surface area contributed by atoms with Crippen LogP contribution < -0.4 is 5.11 Å². The first-order chi connectivity index (χ1) is 6.18. The summed E-state index contributed by atoms with van der Waals surface area (Å²) in [6, 6.07) is 7.81. The van der Waals surface area contributed by atoms with Crippen LogP contribution in [0.1, 0.15) is 5.56 Å². The fourth-order valence-corrected chi connectivity index (χ4v) is 2.01. The highest BCUT2D eigenvalue weighted by Crippen LogP contribution is 2.16. The van der Waals surface area contributed by atoms with E-state index in [9.17, 15) is 9.90 Å². The zero-order valence-electron chi connectivity index (χ0n) is 6.83. The number of carboxylic acids is 1. The average molecular weight is 260 g/mol. The maximum atomic E-state index is 10.1. The number of carbonyl (C=O) groups is 1. The second kappa shape index (κ2) is 5.29. The van der Waals surface area contributed by atoms with Gasteiger partial charge in [0.1, 0.15) is 0 Å². The van der Waals surface area contributed by atoms with Gasteiger partial charge in [0.05, 0.1) is 5.97 Å². The molecule has 1 aromatic rings. The Bertz CT molecular complexity index is 301. The Kier molecular flexibility index (Phi) is 4.32. The molecule has 0 unspecified atom stereocenters. The van der Waals surface area contributed by atoms with E-state index >= 15 is 0 Å². The molecular formula is C9H8BrO2S-. The Morgan fingerprint density at radius 3 is 2.92 bits per heavy atom. The fraction of sp³-hybridized carbons (Fsp3) is 0.222. The third-order valence-corrected chi connectivity index (χ3v) is 2.85. The van der Waals surface area contributed by atoms with Gasteiger partial charge in [0.15, 0.2) is 0 Å². The molecule has 0 aliphatic carbocycles. The lowest BCUT2D eigenvalue weighted by Crippen LogP contribution is -2.24. The van der Waals surface area contributed by atoms with Crippen LogP contribution in [0.3, 0.4) is 0 Å². The van der Waals surface area contributed by atoms with E-state index in [-0.39, 0.29) is 5.75 Å². The molecule has 0 spiro atoms. The summed E-state index contributed by atoms with van der Waals surface area (Å²) < 4.78 is 1.01. The van der Waals surface area contributed by atoms with Crippen LogP contribution in [0.25, 0.3) is 0 Å². The molecule has 0 saturated carbocycles. The molecule has 0 bridgehead atoms. The number of hydrogen-bond donors (Lipinski definition) is 0. The SMILES string of the molecule is O=C([O-])CSCc1cccc(Br)c1. The molecule has 0 aromatic heterocycles. The molecule has 1 rings (SSSR count). The monoisotopic (exact) mass is 259 g/mol. The van der Waals surface area contributed by atoms with Crippen LogP contribution in [0.15, 0.2) is 28.7 Å². The van der Waals surface area contributed by atoms with Crippen molar-refractivity contribution in [3.8, 4) is 0 Å². The third-order valence-electron chi connectivity index (χ3n) is 1.38. The first-order valence-corrected chi connectivity index (χ1v) is 5.65. The molecule has 0 saturated heterocycles. The quantitative estimate of drug-likeness (QED) is 0.822. The van der Waals surface area contributed by atoms with Crippen LogP contribution in [0, 0.1) is 0 Å². The highest BCUT2D eigenvalue weighted by Gasteiger charge is 1.94. The fourth-order valence-electron chi connectivity index (χ4n) is 0.879. The number of halogens is 1. The summed E-state index contributed by atoms with van der Waals surface area (Å²) >= 11 is 4.69. The van der Waals surface area contributed by atoms with Crippen LogP contribution in [-0.2, 0) is 10.5 Å². The van der Waals surface area contributed by atoms with Crippen LogP contribution >= 0.6 is 27.7 Å². The number of aliphatic carboxylic acids is 1. The van der Waals surface area contributed by atoms with Gasteiger partial charge in [-0.1, -0.05) is 28.1 Å². The third kappa shape index (κ3) is 4.33. The number of carbonyl (C=O) groups excluding carboxylic acids is 1. The van der Waals surface area contributed by atoms with Crippen molar-refractivity contribution in [1.29, 1.82) is 0 Å². The Morgan fingerprint density at radius 1 is 1.54 bits per heavy atom. The van der Waals surface area contributed by atoms with Gasteiger partial charge in [0.2, 0.25) is 0 Å². The summed E-state index contributed by atoms with van der Waals surface area (Å²) in [5, 5.41) is 10.1. The summed E-state index contributed by atoms with van der Waals surface area (Å²) in [5.41, 5.74) is 1.11. The number of carboxylic acid groups (broad SMARTS) is 1. The topological polar surface area (TPSA) is 40.1 Å². The highest BCUT2D eigenvalue weighted by molar-refractivity contribution is 9.10. The van der Waals surface area contributed by atoms with Crippen LogP contribution in [-0.4, -0.2) is 11.7 Å². The van der Waals surface area contributed by atoms with Gasteiger partial charge in [-0.15, -0.1) is 0 Å². The minimum atomic E-state index is -1.01. The van der Waals surface area contributed by atoms with E-state index in [0.29, 0.717) is 5.75 Å². The first kappa shape index (κ1) is 10.6. The van der Waals surface area contributed by atoms with E-state index in [4.69, 9.17) is 0 Å². The minimum absolute atomic E-state index is 0.0481. The molecule has 0 heterocycles. The van der Waals surface area contributed by atoms with Crippen molar-refractivity contribution >= 4 is 33.7 Å². The van der Waals surface area contributed by atoms with Gasteiger partial charge < -0.3 is 9.90 Å². The molecule has 0 atom stereocenters. The first-order valence-electron chi connectivity index (χ1n) is 3.70. The largest absolute Gasteiger partial charge is 0.549 e. The second-order valence-electron chi connectivity index (χ2n) is 2.49. The van der Waals surface area contributed by atoms with E-state index in [0.717, 1.165) is 10.0 Å². The smallest absolute Gasteiger partial charge is 0.0513 e. The van der Waals surface area contributed by atoms with E-state index in [1.807, 2.05) is 24.3 Å². The lowest BCUT2D eigenvalue weighted by Gasteiger charge is -2.02. The van der Waals surface area contributed by atoms with Crippen LogP contribution in [0.2, 0.25) is 0 Å². The maximum absolute atomic E-state index is 10.1. The molecule has 70 valence electrons. The minimum Gasteiger partial charge on any atom is -0.549 e. The summed E-state index contributed by atoms with van der Waals surface area (Å²) in [7, 11) is 0. The number of hydrogen-bond acceptors (Lipinski definition) is 3. The predicted molar refractivity (Wildman–Crippen MR) is 55.3 cm³/mol. The predicted octanol–water partition coefficient (Wildman–Crippen LogP) is 1.43. The zero-order valence-corrected chi connectivity index (χ0v) is 9.23.